The fourth-order valence-corrected chi connectivity index (χ4v) is 3.13. The number of oxazole rings is 1. The van der Waals surface area contributed by atoms with Gasteiger partial charge in [-0.05, 0) is 37.8 Å². The van der Waals surface area contributed by atoms with Crippen LogP contribution in [-0.2, 0) is 4.74 Å². The molecule has 3 rings (SSSR count). The topological polar surface area (TPSA) is 97.1 Å². The van der Waals surface area contributed by atoms with Crippen LogP contribution in [0.2, 0.25) is 0 Å². The number of hydrogen-bond donors (Lipinski definition) is 2. The van der Waals surface area contributed by atoms with Crippen molar-refractivity contribution in [3.05, 3.63) is 18.2 Å². The number of benzene rings is 1. The summed E-state index contributed by atoms with van der Waals surface area (Å²) in [4.78, 5) is 17.3. The minimum absolute atomic E-state index is 0.120. The number of carboxylic acid groups (broad SMARTS) is 1. The smallest absolute Gasteiger partial charge is 0.404 e. The molecule has 0 bridgehead atoms. The van der Waals surface area contributed by atoms with Gasteiger partial charge in [-0.2, -0.15) is 4.98 Å². The summed E-state index contributed by atoms with van der Waals surface area (Å²) in [5.41, 5.74) is 1.54. The van der Waals surface area contributed by atoms with Gasteiger partial charge >= 0.3 is 6.09 Å². The number of rotatable bonds is 8. The van der Waals surface area contributed by atoms with Crippen LogP contribution in [0, 0.1) is 5.92 Å². The maximum Gasteiger partial charge on any atom is 0.404 e. The summed E-state index contributed by atoms with van der Waals surface area (Å²) in [6, 6.07) is 6.13. The Morgan fingerprint density at radius 3 is 2.75 bits per heavy atom. The van der Waals surface area contributed by atoms with Gasteiger partial charge in [0.25, 0.3) is 6.01 Å². The molecule has 1 atom stereocenters. The maximum atomic E-state index is 10.6. The molecule has 8 nitrogen and oxygen atoms in total. The summed E-state index contributed by atoms with van der Waals surface area (Å²) in [6.07, 6.45) is 0.789. The summed E-state index contributed by atoms with van der Waals surface area (Å²) in [6.45, 7) is 8.63. The number of amides is 1. The predicted octanol–water partition coefficient (Wildman–Crippen LogP) is 3.50. The van der Waals surface area contributed by atoms with Crippen LogP contribution in [0.1, 0.15) is 33.6 Å². The van der Waals surface area contributed by atoms with Crippen molar-refractivity contribution in [2.75, 3.05) is 31.2 Å². The van der Waals surface area contributed by atoms with E-state index in [9.17, 15) is 4.79 Å². The van der Waals surface area contributed by atoms with Gasteiger partial charge in [-0.1, -0.05) is 13.8 Å². The Labute approximate surface area is 164 Å². The Bertz CT molecular complexity index is 783. The van der Waals surface area contributed by atoms with Crippen LogP contribution in [0.25, 0.3) is 11.1 Å². The Balaban J connectivity index is 1.52. The molecule has 1 aromatic heterocycles. The second-order valence-corrected chi connectivity index (χ2v) is 7.70. The van der Waals surface area contributed by atoms with Crippen LogP contribution in [0.3, 0.4) is 0 Å². The van der Waals surface area contributed by atoms with Crippen LogP contribution >= 0.6 is 0 Å². The number of piperidine rings is 1. The van der Waals surface area contributed by atoms with Gasteiger partial charge in [0.05, 0.1) is 25.4 Å². The Morgan fingerprint density at radius 2 is 2.07 bits per heavy atom. The monoisotopic (exact) mass is 391 g/mol. The zero-order valence-corrected chi connectivity index (χ0v) is 16.7. The molecule has 0 saturated carbocycles. The first-order valence-corrected chi connectivity index (χ1v) is 9.80. The molecule has 1 aromatic carbocycles. The van der Waals surface area contributed by atoms with Gasteiger partial charge in [-0.3, -0.25) is 0 Å². The number of aromatic nitrogens is 1. The minimum atomic E-state index is -1.03. The molecule has 1 fully saturated rings. The zero-order valence-electron chi connectivity index (χ0n) is 16.7. The van der Waals surface area contributed by atoms with E-state index in [1.807, 2.05) is 18.2 Å². The Hall–Kier alpha value is -2.48. The quantitative estimate of drug-likeness (QED) is 0.711. The molecule has 1 aliphatic rings. The van der Waals surface area contributed by atoms with Gasteiger partial charge in [-0.25, -0.2) is 4.79 Å². The highest BCUT2D eigenvalue weighted by Crippen LogP contribution is 2.28. The molecule has 0 spiro atoms. The largest absolute Gasteiger partial charge is 0.493 e. The first-order valence-electron chi connectivity index (χ1n) is 9.80. The van der Waals surface area contributed by atoms with E-state index in [1.54, 1.807) is 6.92 Å². The van der Waals surface area contributed by atoms with Crippen molar-refractivity contribution in [3.8, 4) is 5.75 Å². The third-order valence-electron chi connectivity index (χ3n) is 4.60. The molecule has 2 heterocycles. The van der Waals surface area contributed by atoms with E-state index in [4.69, 9.17) is 19.0 Å². The van der Waals surface area contributed by atoms with Gasteiger partial charge in [0.1, 0.15) is 11.3 Å². The number of carbonyl (C=O) groups is 1. The molecule has 0 radical (unpaired) electrons. The summed E-state index contributed by atoms with van der Waals surface area (Å²) >= 11 is 0. The summed E-state index contributed by atoms with van der Waals surface area (Å²) in [5.74, 6) is 1.26. The van der Waals surface area contributed by atoms with Crippen LogP contribution in [0.15, 0.2) is 22.6 Å². The fourth-order valence-electron chi connectivity index (χ4n) is 3.13. The molecule has 0 unspecified atom stereocenters. The lowest BCUT2D eigenvalue weighted by Crippen LogP contribution is -2.40. The van der Waals surface area contributed by atoms with Crippen molar-refractivity contribution in [1.29, 1.82) is 0 Å². The van der Waals surface area contributed by atoms with Crippen molar-refractivity contribution >= 4 is 23.2 Å². The lowest BCUT2D eigenvalue weighted by molar-refractivity contribution is 0.0260. The highest BCUT2D eigenvalue weighted by molar-refractivity contribution is 5.76. The lowest BCUT2D eigenvalue weighted by atomic mass is 10.1. The Kier molecular flexibility index (Phi) is 6.61. The average Bonchev–Trinajstić information content (AvgIpc) is 3.08. The average molecular weight is 391 g/mol. The van der Waals surface area contributed by atoms with Crippen LogP contribution in [-0.4, -0.2) is 54.6 Å². The first kappa shape index (κ1) is 20.3. The van der Waals surface area contributed by atoms with E-state index < -0.39 is 6.09 Å². The van der Waals surface area contributed by atoms with Crippen molar-refractivity contribution in [2.45, 2.75) is 45.8 Å². The van der Waals surface area contributed by atoms with Crippen LogP contribution in [0.5, 0.6) is 5.75 Å². The van der Waals surface area contributed by atoms with Gasteiger partial charge < -0.3 is 29.2 Å². The fraction of sp³-hybridized carbons (Fsp3) is 0.600. The number of ether oxygens (including phenoxy) is 2. The van der Waals surface area contributed by atoms with E-state index >= 15 is 0 Å². The molecule has 2 aromatic rings. The van der Waals surface area contributed by atoms with E-state index in [-0.39, 0.29) is 12.1 Å². The van der Waals surface area contributed by atoms with Crippen molar-refractivity contribution in [3.63, 3.8) is 0 Å². The zero-order chi connectivity index (χ0) is 20.1. The number of fused-ring (bicyclic) bond motifs is 1. The molecule has 28 heavy (non-hydrogen) atoms. The summed E-state index contributed by atoms with van der Waals surface area (Å²) < 4.78 is 17.5. The standard InChI is InChI=1S/C20H29N3O5/c1-13(2)11-26-16-4-5-17-18(10-16)28-19(22-17)23-8-6-15(7-9-23)27-12-14(3)21-20(24)25/h4-5,10,13-15,21H,6-9,11-12H2,1-3H3,(H,24,25)/t14-/m0/s1. The van der Waals surface area contributed by atoms with Crippen LogP contribution < -0.4 is 15.0 Å². The summed E-state index contributed by atoms with van der Waals surface area (Å²) in [5, 5.41) is 11.1. The van der Waals surface area contributed by atoms with E-state index in [0.717, 1.165) is 42.8 Å². The maximum absolute atomic E-state index is 10.6. The molecule has 154 valence electrons. The number of anilines is 1. The lowest BCUT2D eigenvalue weighted by Gasteiger charge is -2.31. The highest BCUT2D eigenvalue weighted by atomic mass is 16.5. The molecule has 8 heteroatoms. The van der Waals surface area contributed by atoms with E-state index in [0.29, 0.717) is 25.1 Å². The van der Waals surface area contributed by atoms with Gasteiger partial charge in [0.2, 0.25) is 0 Å². The molecular weight excluding hydrogens is 362 g/mol. The Morgan fingerprint density at radius 1 is 1.32 bits per heavy atom. The minimum Gasteiger partial charge on any atom is -0.493 e. The summed E-state index contributed by atoms with van der Waals surface area (Å²) in [7, 11) is 0. The van der Waals surface area contributed by atoms with E-state index in [1.165, 1.54) is 0 Å². The van der Waals surface area contributed by atoms with E-state index in [2.05, 4.69) is 29.0 Å². The number of nitrogens with zero attached hydrogens (tertiary/aromatic N) is 2. The first-order chi connectivity index (χ1) is 13.4. The highest BCUT2D eigenvalue weighted by Gasteiger charge is 2.24. The van der Waals surface area contributed by atoms with Gasteiger partial charge in [-0.15, -0.1) is 0 Å². The molecule has 1 aliphatic heterocycles. The molecular formula is C20H29N3O5. The van der Waals surface area contributed by atoms with Gasteiger partial charge in [0.15, 0.2) is 5.58 Å². The third kappa shape index (κ3) is 5.51. The molecule has 2 N–H and O–H groups in total. The predicted molar refractivity (Wildman–Crippen MR) is 106 cm³/mol. The van der Waals surface area contributed by atoms with Crippen molar-refractivity contribution in [1.82, 2.24) is 10.3 Å². The third-order valence-corrected chi connectivity index (χ3v) is 4.60. The second kappa shape index (κ2) is 9.14. The molecule has 1 amide bonds. The number of hydrogen-bond acceptors (Lipinski definition) is 6. The van der Waals surface area contributed by atoms with Crippen molar-refractivity contribution < 1.29 is 23.8 Å². The van der Waals surface area contributed by atoms with Crippen molar-refractivity contribution in [2.24, 2.45) is 5.92 Å². The molecule has 0 aliphatic carbocycles. The SMILES string of the molecule is CC(C)COc1ccc2nc(N3CCC(OC[C@H](C)NC(=O)O)CC3)oc2c1. The molecule has 1 saturated heterocycles. The van der Waals surface area contributed by atoms with Crippen LogP contribution in [0.4, 0.5) is 10.8 Å². The normalized spacial score (nSPS) is 16.5. The number of nitrogens with one attached hydrogen (secondary N) is 1. The van der Waals surface area contributed by atoms with Gasteiger partial charge in [0, 0.05) is 19.2 Å². The second-order valence-electron chi connectivity index (χ2n) is 7.70.